The van der Waals surface area contributed by atoms with E-state index < -0.39 is 0 Å². The van der Waals surface area contributed by atoms with E-state index in [4.69, 9.17) is 0 Å². The summed E-state index contributed by atoms with van der Waals surface area (Å²) in [7, 11) is 0. The fraction of sp³-hybridized carbons (Fsp3) is 0.684. The second-order valence-electron chi connectivity index (χ2n) is 6.33. The minimum atomic E-state index is 0.973. The Morgan fingerprint density at radius 3 is 2.64 bits per heavy atom. The van der Waals surface area contributed by atoms with Crippen LogP contribution in [0.15, 0.2) is 30.3 Å². The van der Waals surface area contributed by atoms with Gasteiger partial charge in [0.05, 0.1) is 0 Å². The Balaban J connectivity index is 1.45. The zero-order valence-electron chi connectivity index (χ0n) is 14.1. The third-order valence-corrected chi connectivity index (χ3v) is 5.61. The highest BCUT2D eigenvalue weighted by Crippen LogP contribution is 2.25. The van der Waals surface area contributed by atoms with Crippen molar-refractivity contribution in [2.24, 2.45) is 5.92 Å². The van der Waals surface area contributed by atoms with Gasteiger partial charge in [-0.3, -0.25) is 0 Å². The lowest BCUT2D eigenvalue weighted by Crippen LogP contribution is -2.35. The Morgan fingerprint density at radius 2 is 1.91 bits per heavy atom. The lowest BCUT2D eigenvalue weighted by molar-refractivity contribution is 0.243. The molecule has 1 aromatic rings. The number of rotatable bonds is 11. The number of benzene rings is 1. The van der Waals surface area contributed by atoms with Gasteiger partial charge in [0.15, 0.2) is 0 Å². The van der Waals surface area contributed by atoms with Crippen LogP contribution in [0.3, 0.4) is 0 Å². The van der Waals surface area contributed by atoms with E-state index in [1.807, 2.05) is 11.8 Å². The Morgan fingerprint density at radius 1 is 1.14 bits per heavy atom. The van der Waals surface area contributed by atoms with Crippen molar-refractivity contribution in [3.8, 4) is 0 Å². The van der Waals surface area contributed by atoms with E-state index >= 15 is 0 Å². The molecule has 0 radical (unpaired) electrons. The van der Waals surface area contributed by atoms with Gasteiger partial charge in [0.25, 0.3) is 0 Å². The van der Waals surface area contributed by atoms with Crippen LogP contribution in [0.25, 0.3) is 0 Å². The van der Waals surface area contributed by atoms with Gasteiger partial charge in [-0.15, -0.1) is 0 Å². The molecule has 1 fully saturated rings. The lowest BCUT2D eigenvalue weighted by Gasteiger charge is -2.24. The first-order chi connectivity index (χ1) is 10.9. The fourth-order valence-electron chi connectivity index (χ4n) is 3.21. The average Bonchev–Trinajstić information content (AvgIpc) is 3.07. The van der Waals surface area contributed by atoms with Gasteiger partial charge < -0.3 is 10.2 Å². The van der Waals surface area contributed by atoms with E-state index in [9.17, 15) is 0 Å². The number of nitrogens with zero attached hydrogens (tertiary/aromatic N) is 1. The van der Waals surface area contributed by atoms with Crippen LogP contribution in [0.1, 0.15) is 38.2 Å². The molecule has 1 aromatic carbocycles. The fourth-order valence-corrected chi connectivity index (χ4v) is 4.07. The molecule has 1 aliphatic carbocycles. The summed E-state index contributed by atoms with van der Waals surface area (Å²) in [5.41, 5.74) is 1.43. The van der Waals surface area contributed by atoms with Gasteiger partial charge in [0.1, 0.15) is 0 Å². The van der Waals surface area contributed by atoms with Crippen LogP contribution in [-0.2, 0) is 5.75 Å². The van der Waals surface area contributed by atoms with Gasteiger partial charge in [-0.2, -0.15) is 11.8 Å². The van der Waals surface area contributed by atoms with Gasteiger partial charge in [-0.1, -0.05) is 50.1 Å². The largest absolute Gasteiger partial charge is 0.315 e. The van der Waals surface area contributed by atoms with Crippen molar-refractivity contribution in [3.63, 3.8) is 0 Å². The zero-order chi connectivity index (χ0) is 15.5. The molecule has 124 valence electrons. The quantitative estimate of drug-likeness (QED) is 0.620. The van der Waals surface area contributed by atoms with Crippen LogP contribution in [0, 0.1) is 5.92 Å². The highest BCUT2D eigenvalue weighted by atomic mass is 32.2. The maximum absolute atomic E-state index is 3.60. The van der Waals surface area contributed by atoms with Gasteiger partial charge in [0, 0.05) is 37.7 Å². The summed E-state index contributed by atoms with van der Waals surface area (Å²) < 4.78 is 0. The number of likely N-dealkylation sites (N-methyl/N-ethyl adjacent to an activating group) is 1. The monoisotopic (exact) mass is 320 g/mol. The highest BCUT2D eigenvalue weighted by Gasteiger charge is 2.17. The minimum absolute atomic E-state index is 0.973. The lowest BCUT2D eigenvalue weighted by atomic mass is 10.1. The molecule has 3 heteroatoms. The predicted molar refractivity (Wildman–Crippen MR) is 99.5 cm³/mol. The predicted octanol–water partition coefficient (Wildman–Crippen LogP) is 4.02. The Kier molecular flexibility index (Phi) is 8.99. The molecular weight excluding hydrogens is 288 g/mol. The number of nitrogens with one attached hydrogen (secondary N) is 1. The molecule has 0 saturated heterocycles. The first kappa shape index (κ1) is 17.8. The maximum Gasteiger partial charge on any atom is 0.0185 e. The van der Waals surface area contributed by atoms with Crippen molar-refractivity contribution in [3.05, 3.63) is 35.9 Å². The van der Waals surface area contributed by atoms with E-state index in [-0.39, 0.29) is 0 Å². The van der Waals surface area contributed by atoms with E-state index in [1.165, 1.54) is 56.6 Å². The van der Waals surface area contributed by atoms with Gasteiger partial charge in [0.2, 0.25) is 0 Å². The number of thioether (sulfide) groups is 1. The van der Waals surface area contributed by atoms with Crippen molar-refractivity contribution in [1.29, 1.82) is 0 Å². The summed E-state index contributed by atoms with van der Waals surface area (Å²) >= 11 is 2.02. The SMILES string of the molecule is CCN(CCNCCSCc1ccccc1)CC1CCCC1. The third kappa shape index (κ3) is 7.17. The molecule has 0 amide bonds. The molecule has 22 heavy (non-hydrogen) atoms. The van der Waals surface area contributed by atoms with Crippen molar-refractivity contribution in [2.45, 2.75) is 38.4 Å². The standard InChI is InChI=1S/C19H32N2S/c1-2-21(16-18-8-6-7-9-18)14-12-20-13-15-22-17-19-10-4-3-5-11-19/h3-5,10-11,18,20H,2,6-9,12-17H2,1H3. The summed E-state index contributed by atoms with van der Waals surface area (Å²) in [6.07, 6.45) is 5.83. The molecule has 1 saturated carbocycles. The summed E-state index contributed by atoms with van der Waals surface area (Å²) in [4.78, 5) is 2.63. The van der Waals surface area contributed by atoms with Crippen molar-refractivity contribution >= 4 is 11.8 Å². The normalized spacial score (nSPS) is 15.7. The Bertz CT molecular complexity index is 376. The van der Waals surface area contributed by atoms with Crippen molar-refractivity contribution < 1.29 is 0 Å². The molecule has 2 rings (SSSR count). The van der Waals surface area contributed by atoms with Crippen LogP contribution in [0.2, 0.25) is 0 Å². The van der Waals surface area contributed by atoms with Gasteiger partial charge in [-0.05, 0) is 30.9 Å². The smallest absolute Gasteiger partial charge is 0.0185 e. The topological polar surface area (TPSA) is 15.3 Å². The maximum atomic E-state index is 3.60. The summed E-state index contributed by atoms with van der Waals surface area (Å²) in [6, 6.07) is 10.8. The molecule has 0 aliphatic heterocycles. The molecule has 0 aromatic heterocycles. The molecule has 0 spiro atoms. The van der Waals surface area contributed by atoms with Crippen LogP contribution in [0.4, 0.5) is 0 Å². The highest BCUT2D eigenvalue weighted by molar-refractivity contribution is 7.98. The van der Waals surface area contributed by atoms with Gasteiger partial charge >= 0.3 is 0 Å². The molecule has 2 nitrogen and oxygen atoms in total. The molecule has 1 N–H and O–H groups in total. The summed E-state index contributed by atoms with van der Waals surface area (Å²) in [5.74, 6) is 3.30. The molecule has 0 heterocycles. The van der Waals surface area contributed by atoms with E-state index in [0.29, 0.717) is 0 Å². The molecule has 0 bridgehead atoms. The van der Waals surface area contributed by atoms with Crippen LogP contribution >= 0.6 is 11.8 Å². The Hall–Kier alpha value is -0.510. The van der Waals surface area contributed by atoms with Crippen LogP contribution in [0.5, 0.6) is 0 Å². The molecule has 1 aliphatic rings. The molecular formula is C19H32N2S. The first-order valence-corrected chi connectivity index (χ1v) is 10.1. The molecule has 0 atom stereocenters. The zero-order valence-corrected chi connectivity index (χ0v) is 14.9. The third-order valence-electron chi connectivity index (χ3n) is 4.58. The second kappa shape index (κ2) is 11.1. The van der Waals surface area contributed by atoms with Crippen LogP contribution in [-0.4, -0.2) is 43.4 Å². The molecule has 0 unspecified atom stereocenters. The van der Waals surface area contributed by atoms with Gasteiger partial charge in [-0.25, -0.2) is 0 Å². The first-order valence-electron chi connectivity index (χ1n) is 8.93. The van der Waals surface area contributed by atoms with E-state index in [1.54, 1.807) is 0 Å². The summed E-state index contributed by atoms with van der Waals surface area (Å²) in [5, 5.41) is 3.60. The van der Waals surface area contributed by atoms with E-state index in [0.717, 1.165) is 24.8 Å². The van der Waals surface area contributed by atoms with Crippen LogP contribution < -0.4 is 5.32 Å². The summed E-state index contributed by atoms with van der Waals surface area (Å²) in [6.45, 7) is 8.27. The van der Waals surface area contributed by atoms with Crippen molar-refractivity contribution in [2.75, 3.05) is 38.5 Å². The minimum Gasteiger partial charge on any atom is -0.315 e. The number of hydrogen-bond donors (Lipinski definition) is 1. The average molecular weight is 321 g/mol. The van der Waals surface area contributed by atoms with E-state index in [2.05, 4.69) is 47.5 Å². The van der Waals surface area contributed by atoms with Crippen molar-refractivity contribution in [1.82, 2.24) is 10.2 Å². The Labute approximate surface area is 141 Å². The second-order valence-corrected chi connectivity index (χ2v) is 7.44. The number of hydrogen-bond acceptors (Lipinski definition) is 3.